The zero-order valence-corrected chi connectivity index (χ0v) is 16.1. The van der Waals surface area contributed by atoms with Gasteiger partial charge in [0.05, 0.1) is 6.04 Å². The molecular formula is C21H30N2O3. The van der Waals surface area contributed by atoms with Crippen LogP contribution in [-0.2, 0) is 20.8 Å². The van der Waals surface area contributed by atoms with Crippen molar-refractivity contribution in [2.24, 2.45) is 5.92 Å². The number of rotatable bonds is 9. The van der Waals surface area contributed by atoms with Crippen molar-refractivity contribution in [1.82, 2.24) is 10.2 Å². The molecule has 3 amide bonds. The molecule has 1 aliphatic heterocycles. The highest BCUT2D eigenvalue weighted by molar-refractivity contribution is 6.02. The lowest BCUT2D eigenvalue weighted by molar-refractivity contribution is -0.138. The summed E-state index contributed by atoms with van der Waals surface area (Å²) in [5.41, 5.74) is 2.40. The molecule has 1 saturated heterocycles. The summed E-state index contributed by atoms with van der Waals surface area (Å²) in [6.45, 7) is 6.50. The van der Waals surface area contributed by atoms with Gasteiger partial charge in [0.1, 0.15) is 0 Å². The van der Waals surface area contributed by atoms with Gasteiger partial charge >= 0.3 is 0 Å². The van der Waals surface area contributed by atoms with Crippen molar-refractivity contribution in [3.05, 3.63) is 35.4 Å². The van der Waals surface area contributed by atoms with E-state index >= 15 is 0 Å². The van der Waals surface area contributed by atoms with Gasteiger partial charge in [0.25, 0.3) is 0 Å². The Hall–Kier alpha value is -2.17. The van der Waals surface area contributed by atoms with Crippen molar-refractivity contribution in [3.8, 4) is 0 Å². The second-order valence-corrected chi connectivity index (χ2v) is 7.32. The maximum absolute atomic E-state index is 12.3. The van der Waals surface area contributed by atoms with Gasteiger partial charge in [-0.1, -0.05) is 51.5 Å². The third-order valence-electron chi connectivity index (χ3n) is 4.86. The number of likely N-dealkylation sites (tertiary alicyclic amines) is 1. The zero-order chi connectivity index (χ0) is 19.1. The summed E-state index contributed by atoms with van der Waals surface area (Å²) in [6.07, 6.45) is 4.10. The van der Waals surface area contributed by atoms with E-state index in [1.807, 2.05) is 0 Å². The molecule has 0 aliphatic carbocycles. The van der Waals surface area contributed by atoms with E-state index in [0.717, 1.165) is 12.0 Å². The molecule has 5 nitrogen and oxygen atoms in total. The topological polar surface area (TPSA) is 66.5 Å². The summed E-state index contributed by atoms with van der Waals surface area (Å²) in [5, 5.41) is 3.06. The fraction of sp³-hybridized carbons (Fsp3) is 0.571. The molecule has 1 unspecified atom stereocenters. The molecule has 1 atom stereocenters. The number of hydrogen-bond donors (Lipinski definition) is 1. The van der Waals surface area contributed by atoms with Crippen LogP contribution in [0.3, 0.4) is 0 Å². The molecule has 0 saturated carbocycles. The van der Waals surface area contributed by atoms with E-state index in [1.165, 1.54) is 23.3 Å². The number of unbranched alkanes of at least 4 members (excludes halogenated alkanes) is 1. The van der Waals surface area contributed by atoms with Gasteiger partial charge < -0.3 is 5.32 Å². The Bertz CT molecular complexity index is 621. The van der Waals surface area contributed by atoms with Crippen LogP contribution < -0.4 is 5.32 Å². The van der Waals surface area contributed by atoms with Crippen molar-refractivity contribution in [1.29, 1.82) is 0 Å². The van der Waals surface area contributed by atoms with Crippen molar-refractivity contribution in [3.63, 3.8) is 0 Å². The molecule has 1 aromatic rings. The van der Waals surface area contributed by atoms with Gasteiger partial charge in [-0.2, -0.15) is 0 Å². The molecule has 5 heteroatoms. The Morgan fingerprint density at radius 3 is 2.27 bits per heavy atom. The Morgan fingerprint density at radius 1 is 1.12 bits per heavy atom. The first-order chi connectivity index (χ1) is 12.4. The Morgan fingerprint density at radius 2 is 1.73 bits per heavy atom. The van der Waals surface area contributed by atoms with Crippen molar-refractivity contribution in [2.45, 2.75) is 65.3 Å². The maximum atomic E-state index is 12.3. The molecule has 0 aromatic heterocycles. The van der Waals surface area contributed by atoms with Crippen LogP contribution in [-0.4, -0.2) is 29.2 Å². The first-order valence-electron chi connectivity index (χ1n) is 9.63. The SMILES string of the molecule is CCCCc1ccc(C(NC(=O)CCN2C(=O)CCC2=O)C(C)C)cc1. The van der Waals surface area contributed by atoms with E-state index in [4.69, 9.17) is 0 Å². The monoisotopic (exact) mass is 358 g/mol. The number of benzene rings is 1. The number of amides is 3. The molecule has 1 N–H and O–H groups in total. The number of carbonyl (C=O) groups excluding carboxylic acids is 3. The highest BCUT2D eigenvalue weighted by atomic mass is 16.2. The second-order valence-electron chi connectivity index (χ2n) is 7.32. The van der Waals surface area contributed by atoms with Gasteiger partial charge in [0.2, 0.25) is 17.7 Å². The lowest BCUT2D eigenvalue weighted by Gasteiger charge is -2.24. The summed E-state index contributed by atoms with van der Waals surface area (Å²) in [7, 11) is 0. The van der Waals surface area contributed by atoms with Crippen LogP contribution in [0.5, 0.6) is 0 Å². The lowest BCUT2D eigenvalue weighted by Crippen LogP contribution is -2.36. The van der Waals surface area contributed by atoms with E-state index < -0.39 is 0 Å². The molecular weight excluding hydrogens is 328 g/mol. The standard InChI is InChI=1S/C21H30N2O3/c1-4-5-6-16-7-9-17(10-8-16)21(15(2)3)22-18(24)13-14-23-19(25)11-12-20(23)26/h7-10,15,21H,4-6,11-14H2,1-3H3,(H,22,24). The van der Waals surface area contributed by atoms with Gasteiger partial charge in [0, 0.05) is 25.8 Å². The number of aryl methyl sites for hydroxylation is 1. The Labute approximate surface area is 156 Å². The van der Waals surface area contributed by atoms with Crippen molar-refractivity contribution in [2.75, 3.05) is 6.54 Å². The van der Waals surface area contributed by atoms with Crippen LogP contribution in [0.4, 0.5) is 0 Å². The van der Waals surface area contributed by atoms with Crippen molar-refractivity contribution >= 4 is 17.7 Å². The van der Waals surface area contributed by atoms with Crippen LogP contribution in [0, 0.1) is 5.92 Å². The van der Waals surface area contributed by atoms with E-state index in [9.17, 15) is 14.4 Å². The minimum Gasteiger partial charge on any atom is -0.349 e. The van der Waals surface area contributed by atoms with Gasteiger partial charge in [-0.05, 0) is 29.9 Å². The molecule has 0 spiro atoms. The molecule has 0 radical (unpaired) electrons. The first-order valence-corrected chi connectivity index (χ1v) is 9.63. The van der Waals surface area contributed by atoms with Gasteiger partial charge in [0.15, 0.2) is 0 Å². The highest BCUT2D eigenvalue weighted by Gasteiger charge is 2.29. The minimum absolute atomic E-state index is 0.0762. The molecule has 26 heavy (non-hydrogen) atoms. The summed E-state index contributed by atoms with van der Waals surface area (Å²) in [4.78, 5) is 36.8. The van der Waals surface area contributed by atoms with Gasteiger partial charge in [-0.15, -0.1) is 0 Å². The predicted molar refractivity (Wildman–Crippen MR) is 101 cm³/mol. The summed E-state index contributed by atoms with van der Waals surface area (Å²) < 4.78 is 0. The fourth-order valence-corrected chi connectivity index (χ4v) is 3.24. The molecule has 142 valence electrons. The number of nitrogens with one attached hydrogen (secondary N) is 1. The summed E-state index contributed by atoms with van der Waals surface area (Å²) in [6, 6.07) is 8.36. The Balaban J connectivity index is 1.93. The Kier molecular flexibility index (Phi) is 7.37. The third-order valence-corrected chi connectivity index (χ3v) is 4.86. The second kappa shape index (κ2) is 9.51. The molecule has 2 rings (SSSR count). The van der Waals surface area contributed by atoms with Crippen LogP contribution in [0.15, 0.2) is 24.3 Å². The maximum Gasteiger partial charge on any atom is 0.229 e. The van der Waals surface area contributed by atoms with Crippen LogP contribution >= 0.6 is 0 Å². The number of carbonyl (C=O) groups is 3. The van der Waals surface area contributed by atoms with Crippen LogP contribution in [0.2, 0.25) is 0 Å². The van der Waals surface area contributed by atoms with Crippen LogP contribution in [0.25, 0.3) is 0 Å². The highest BCUT2D eigenvalue weighted by Crippen LogP contribution is 2.23. The number of hydrogen-bond acceptors (Lipinski definition) is 3. The van der Waals surface area contributed by atoms with Crippen LogP contribution in [0.1, 0.15) is 70.0 Å². The zero-order valence-electron chi connectivity index (χ0n) is 16.1. The molecule has 0 bridgehead atoms. The van der Waals surface area contributed by atoms with E-state index in [1.54, 1.807) is 0 Å². The molecule has 1 heterocycles. The molecule has 1 aliphatic rings. The average molecular weight is 358 g/mol. The predicted octanol–water partition coefficient (Wildman–Crippen LogP) is 3.38. The normalized spacial score (nSPS) is 15.6. The molecule has 1 aromatic carbocycles. The minimum atomic E-state index is -0.175. The quantitative estimate of drug-likeness (QED) is 0.688. The summed E-state index contributed by atoms with van der Waals surface area (Å²) in [5.74, 6) is -0.237. The largest absolute Gasteiger partial charge is 0.349 e. The summed E-state index contributed by atoms with van der Waals surface area (Å²) >= 11 is 0. The smallest absolute Gasteiger partial charge is 0.229 e. The van der Waals surface area contributed by atoms with Crippen molar-refractivity contribution < 1.29 is 14.4 Å². The van der Waals surface area contributed by atoms with E-state index in [2.05, 4.69) is 50.4 Å². The first kappa shape index (κ1) is 20.1. The van der Waals surface area contributed by atoms with Gasteiger partial charge in [-0.25, -0.2) is 0 Å². The number of nitrogens with zero attached hydrogens (tertiary/aromatic N) is 1. The van der Waals surface area contributed by atoms with Gasteiger partial charge in [-0.3, -0.25) is 19.3 Å². The number of imide groups is 1. The third kappa shape index (κ3) is 5.41. The molecule has 1 fully saturated rings. The fourth-order valence-electron chi connectivity index (χ4n) is 3.24. The average Bonchev–Trinajstić information content (AvgIpc) is 2.94. The van der Waals surface area contributed by atoms with E-state index in [0.29, 0.717) is 0 Å². The lowest BCUT2D eigenvalue weighted by atomic mass is 9.94. The van der Waals surface area contributed by atoms with E-state index in [-0.39, 0.29) is 55.5 Å².